The molecule has 0 saturated heterocycles. The summed E-state index contributed by atoms with van der Waals surface area (Å²) < 4.78 is 5.23. The fraction of sp³-hybridized carbons (Fsp3) is 0.357. The summed E-state index contributed by atoms with van der Waals surface area (Å²) in [6.07, 6.45) is 13.9. The first kappa shape index (κ1) is 12.5. The van der Waals surface area contributed by atoms with Crippen molar-refractivity contribution in [1.29, 1.82) is 0 Å². The first-order valence-corrected chi connectivity index (χ1v) is 5.60. The first-order valence-electron chi connectivity index (χ1n) is 5.60. The van der Waals surface area contributed by atoms with Gasteiger partial charge in [-0.1, -0.05) is 30.9 Å². The molecule has 0 bridgehead atoms. The van der Waals surface area contributed by atoms with Crippen molar-refractivity contribution < 1.29 is 9.53 Å². The maximum absolute atomic E-state index is 11.4. The van der Waals surface area contributed by atoms with Crippen LogP contribution >= 0.6 is 0 Å². The van der Waals surface area contributed by atoms with E-state index in [0.29, 0.717) is 5.57 Å². The minimum absolute atomic E-state index is 0.341. The highest BCUT2D eigenvalue weighted by Gasteiger charge is 2.07. The Morgan fingerprint density at radius 1 is 1.31 bits per heavy atom. The van der Waals surface area contributed by atoms with Crippen LogP contribution in [0.4, 0.5) is 0 Å². The molecule has 86 valence electrons. The third-order valence-electron chi connectivity index (χ3n) is 2.26. The molecule has 1 aliphatic rings. The van der Waals surface area contributed by atoms with Crippen LogP contribution < -0.4 is 0 Å². The molecule has 1 rings (SSSR count). The average Bonchev–Trinajstić information content (AvgIpc) is 2.27. The molecule has 0 aliphatic heterocycles. The maximum Gasteiger partial charge on any atom is 0.338 e. The summed E-state index contributed by atoms with van der Waals surface area (Å²) in [5.74, 6) is 0.381. The summed E-state index contributed by atoms with van der Waals surface area (Å²) in [4.78, 5) is 11.4. The largest absolute Gasteiger partial charge is 0.428 e. The Morgan fingerprint density at radius 3 is 2.88 bits per heavy atom. The lowest BCUT2D eigenvalue weighted by Crippen LogP contribution is -2.05. The summed E-state index contributed by atoms with van der Waals surface area (Å²) in [6, 6.07) is 0. The van der Waals surface area contributed by atoms with Crippen LogP contribution in [-0.2, 0) is 9.53 Å². The summed E-state index contributed by atoms with van der Waals surface area (Å²) in [7, 11) is 0. The van der Waals surface area contributed by atoms with Gasteiger partial charge in [-0.15, -0.1) is 0 Å². The van der Waals surface area contributed by atoms with Crippen molar-refractivity contribution in [2.75, 3.05) is 0 Å². The molecule has 0 fully saturated rings. The van der Waals surface area contributed by atoms with Crippen LogP contribution in [0.2, 0.25) is 0 Å². The highest BCUT2D eigenvalue weighted by Crippen LogP contribution is 2.14. The summed E-state index contributed by atoms with van der Waals surface area (Å²) in [5, 5.41) is 0. The highest BCUT2D eigenvalue weighted by atomic mass is 16.5. The molecule has 0 heterocycles. The zero-order valence-corrected chi connectivity index (χ0v) is 9.74. The lowest BCUT2D eigenvalue weighted by molar-refractivity contribution is -0.135. The van der Waals surface area contributed by atoms with Gasteiger partial charge in [0.05, 0.1) is 0 Å². The molecule has 0 amide bonds. The minimum Gasteiger partial charge on any atom is -0.428 e. The normalized spacial score (nSPS) is 23.7. The molecule has 0 unspecified atom stereocenters. The second-order valence-electron chi connectivity index (χ2n) is 3.86. The fourth-order valence-electron chi connectivity index (χ4n) is 1.34. The van der Waals surface area contributed by atoms with E-state index < -0.39 is 0 Å². The second kappa shape index (κ2) is 6.83. The Hall–Kier alpha value is -1.57. The number of allylic oxidation sites excluding steroid dienone is 6. The van der Waals surface area contributed by atoms with Crippen molar-refractivity contribution >= 4 is 5.97 Å². The van der Waals surface area contributed by atoms with E-state index in [4.69, 9.17) is 4.74 Å². The van der Waals surface area contributed by atoms with Crippen LogP contribution in [0.25, 0.3) is 0 Å². The van der Waals surface area contributed by atoms with Crippen molar-refractivity contribution in [3.63, 3.8) is 0 Å². The number of carbonyl (C=O) groups excluding carboxylic acids is 1. The number of hydrogen-bond acceptors (Lipinski definition) is 2. The van der Waals surface area contributed by atoms with Crippen molar-refractivity contribution in [1.82, 2.24) is 0 Å². The zero-order chi connectivity index (χ0) is 11.8. The van der Waals surface area contributed by atoms with Gasteiger partial charge in [0.15, 0.2) is 0 Å². The Bertz CT molecular complexity index is 346. The van der Waals surface area contributed by atoms with Gasteiger partial charge in [-0.05, 0) is 32.3 Å². The summed E-state index contributed by atoms with van der Waals surface area (Å²) >= 11 is 0. The standard InChI is InChI=1S/C14H18O2/c1-12(2)14(15)16-13-10-8-6-4-3-5-7-9-11-13/h3-4,6,8,10H,1,5,7,9,11H2,2H3/b4-3-,8-6+,13-10+. The van der Waals surface area contributed by atoms with Crippen LogP contribution in [0, 0.1) is 0 Å². The van der Waals surface area contributed by atoms with Crippen molar-refractivity contribution in [2.45, 2.75) is 32.6 Å². The van der Waals surface area contributed by atoms with Gasteiger partial charge in [0.1, 0.15) is 5.76 Å². The predicted octanol–water partition coefficient (Wildman–Crippen LogP) is 3.68. The third-order valence-corrected chi connectivity index (χ3v) is 2.26. The van der Waals surface area contributed by atoms with Gasteiger partial charge >= 0.3 is 5.97 Å². The topological polar surface area (TPSA) is 26.3 Å². The molecule has 2 heteroatoms. The molecule has 16 heavy (non-hydrogen) atoms. The first-order chi connectivity index (χ1) is 7.70. The van der Waals surface area contributed by atoms with Crippen LogP contribution in [0.3, 0.4) is 0 Å². The Kier molecular flexibility index (Phi) is 5.34. The zero-order valence-electron chi connectivity index (χ0n) is 9.74. The summed E-state index contributed by atoms with van der Waals surface area (Å²) in [6.45, 7) is 5.22. The molecule has 0 spiro atoms. The monoisotopic (exact) mass is 218 g/mol. The fourth-order valence-corrected chi connectivity index (χ4v) is 1.34. The van der Waals surface area contributed by atoms with Gasteiger partial charge in [-0.3, -0.25) is 0 Å². The van der Waals surface area contributed by atoms with Gasteiger partial charge in [0.2, 0.25) is 0 Å². The van der Waals surface area contributed by atoms with Crippen LogP contribution in [0.15, 0.2) is 48.3 Å². The van der Waals surface area contributed by atoms with E-state index in [0.717, 1.165) is 31.4 Å². The smallest absolute Gasteiger partial charge is 0.338 e. The lowest BCUT2D eigenvalue weighted by atomic mass is 10.1. The molecule has 0 N–H and O–H groups in total. The maximum atomic E-state index is 11.4. The predicted molar refractivity (Wildman–Crippen MR) is 65.7 cm³/mol. The summed E-state index contributed by atoms with van der Waals surface area (Å²) in [5.41, 5.74) is 0.432. The third kappa shape index (κ3) is 4.78. The number of hydrogen-bond donors (Lipinski definition) is 0. The van der Waals surface area contributed by atoms with E-state index in [9.17, 15) is 4.79 Å². The van der Waals surface area contributed by atoms with Gasteiger partial charge in [0.25, 0.3) is 0 Å². The lowest BCUT2D eigenvalue weighted by Gasteiger charge is -2.08. The Labute approximate surface area is 97.0 Å². The number of ether oxygens (including phenoxy) is 1. The van der Waals surface area contributed by atoms with Gasteiger partial charge < -0.3 is 4.74 Å². The van der Waals surface area contributed by atoms with Crippen LogP contribution in [0.1, 0.15) is 32.6 Å². The van der Waals surface area contributed by atoms with Gasteiger partial charge in [-0.2, -0.15) is 0 Å². The van der Waals surface area contributed by atoms with E-state index in [-0.39, 0.29) is 5.97 Å². The van der Waals surface area contributed by atoms with Crippen molar-refractivity contribution in [3.8, 4) is 0 Å². The molecule has 0 atom stereocenters. The second-order valence-corrected chi connectivity index (χ2v) is 3.86. The number of carbonyl (C=O) groups is 1. The van der Waals surface area contributed by atoms with E-state index in [1.165, 1.54) is 0 Å². The molecule has 2 nitrogen and oxygen atoms in total. The Balaban J connectivity index is 2.64. The number of rotatable bonds is 2. The van der Waals surface area contributed by atoms with E-state index >= 15 is 0 Å². The molecular formula is C14H18O2. The van der Waals surface area contributed by atoms with E-state index in [2.05, 4.69) is 12.7 Å². The van der Waals surface area contributed by atoms with Crippen LogP contribution in [0.5, 0.6) is 0 Å². The molecule has 1 aliphatic carbocycles. The van der Waals surface area contributed by atoms with Crippen molar-refractivity contribution in [2.24, 2.45) is 0 Å². The molecule has 0 aromatic heterocycles. The SMILES string of the molecule is C=C(C)C(=O)O/C1=C/C=C/C=C\CCCC1. The van der Waals surface area contributed by atoms with Crippen molar-refractivity contribution in [3.05, 3.63) is 48.3 Å². The minimum atomic E-state index is -0.341. The van der Waals surface area contributed by atoms with Gasteiger partial charge in [0, 0.05) is 12.0 Å². The molecule has 0 radical (unpaired) electrons. The molecule has 0 aromatic carbocycles. The quantitative estimate of drug-likeness (QED) is 0.522. The average molecular weight is 218 g/mol. The van der Waals surface area contributed by atoms with Gasteiger partial charge in [-0.25, -0.2) is 4.79 Å². The van der Waals surface area contributed by atoms with Crippen LogP contribution in [-0.4, -0.2) is 5.97 Å². The van der Waals surface area contributed by atoms with E-state index in [1.54, 1.807) is 6.92 Å². The molecule has 0 aromatic rings. The highest BCUT2D eigenvalue weighted by molar-refractivity contribution is 5.87. The Morgan fingerprint density at radius 2 is 2.12 bits per heavy atom. The van der Waals surface area contributed by atoms with E-state index in [1.807, 2.05) is 24.3 Å². The molecule has 0 saturated carbocycles. The number of esters is 1. The molecular weight excluding hydrogens is 200 g/mol.